The summed E-state index contributed by atoms with van der Waals surface area (Å²) in [5.74, 6) is -1.33. The van der Waals surface area contributed by atoms with Gasteiger partial charge >= 0.3 is 5.97 Å². The number of ether oxygens (including phenoxy) is 3. The van der Waals surface area contributed by atoms with E-state index in [1.807, 2.05) is 13.8 Å². The third-order valence-electron chi connectivity index (χ3n) is 3.70. The molecule has 1 saturated heterocycles. The molecule has 1 aliphatic rings. The number of methoxy groups -OCH3 is 1. The monoisotopic (exact) mass is 351 g/mol. The van der Waals surface area contributed by atoms with Crippen molar-refractivity contribution in [1.29, 1.82) is 0 Å². The van der Waals surface area contributed by atoms with Gasteiger partial charge in [0.2, 0.25) is 0 Å². The first-order valence-corrected chi connectivity index (χ1v) is 8.00. The molecule has 1 amide bonds. The summed E-state index contributed by atoms with van der Waals surface area (Å²) < 4.78 is 28.9. The van der Waals surface area contributed by atoms with Crippen molar-refractivity contribution in [2.24, 2.45) is 0 Å². The molecule has 25 heavy (non-hydrogen) atoms. The number of carbonyl (C=O) groups is 2. The van der Waals surface area contributed by atoms with E-state index in [0.717, 1.165) is 6.08 Å². The maximum Gasteiger partial charge on any atom is 0.331 e. The van der Waals surface area contributed by atoms with Crippen LogP contribution in [0.3, 0.4) is 0 Å². The fourth-order valence-electron chi connectivity index (χ4n) is 2.60. The first kappa shape index (κ1) is 18.9. The lowest BCUT2D eigenvalue weighted by Crippen LogP contribution is -2.49. The highest BCUT2D eigenvalue weighted by Gasteiger charge is 2.26. The van der Waals surface area contributed by atoms with Gasteiger partial charge in [-0.1, -0.05) is 6.07 Å². The molecule has 0 bridgehead atoms. The lowest BCUT2D eigenvalue weighted by atomic mass is 10.2. The third-order valence-corrected chi connectivity index (χ3v) is 3.70. The predicted octanol–water partition coefficient (Wildman–Crippen LogP) is 2.03. The van der Waals surface area contributed by atoms with Gasteiger partial charge in [0, 0.05) is 19.2 Å². The largest absolute Gasteiger partial charge is 0.494 e. The number of carbonyl (C=O) groups excluding carboxylic acids is 2. The number of esters is 1. The number of rotatable bonds is 5. The molecule has 136 valence electrons. The summed E-state index contributed by atoms with van der Waals surface area (Å²) in [6, 6.07) is 4.31. The lowest BCUT2D eigenvalue weighted by Gasteiger charge is -2.35. The van der Waals surface area contributed by atoms with Crippen LogP contribution in [0, 0.1) is 5.82 Å². The van der Waals surface area contributed by atoms with Gasteiger partial charge in [-0.2, -0.15) is 0 Å². The minimum Gasteiger partial charge on any atom is -0.494 e. The molecular formula is C18H22FNO5. The maximum absolute atomic E-state index is 13.6. The molecule has 1 aromatic carbocycles. The summed E-state index contributed by atoms with van der Waals surface area (Å²) in [6.45, 7) is 4.39. The molecule has 0 unspecified atom stereocenters. The molecule has 2 atom stereocenters. The van der Waals surface area contributed by atoms with Crippen molar-refractivity contribution in [3.8, 4) is 5.75 Å². The SMILES string of the molecule is COc1ccc(/C=C/C(=O)OCC(=O)N2C[C@H](C)O[C@@H](C)C2)cc1F. The zero-order valence-electron chi connectivity index (χ0n) is 14.5. The Morgan fingerprint density at radius 3 is 2.60 bits per heavy atom. The average Bonchev–Trinajstić information content (AvgIpc) is 2.57. The van der Waals surface area contributed by atoms with Gasteiger partial charge in [0.05, 0.1) is 19.3 Å². The quantitative estimate of drug-likeness (QED) is 0.600. The fourth-order valence-corrected chi connectivity index (χ4v) is 2.60. The average molecular weight is 351 g/mol. The van der Waals surface area contributed by atoms with Crippen LogP contribution >= 0.6 is 0 Å². The number of halogens is 1. The molecule has 1 aromatic rings. The predicted molar refractivity (Wildman–Crippen MR) is 89.5 cm³/mol. The number of benzene rings is 1. The zero-order chi connectivity index (χ0) is 18.4. The van der Waals surface area contributed by atoms with Crippen LogP contribution < -0.4 is 4.74 Å². The summed E-state index contributed by atoms with van der Waals surface area (Å²) in [5, 5.41) is 0. The van der Waals surface area contributed by atoms with Crippen LogP contribution in [0.5, 0.6) is 5.75 Å². The fraction of sp³-hybridized carbons (Fsp3) is 0.444. The van der Waals surface area contributed by atoms with E-state index in [0.29, 0.717) is 18.7 Å². The Hall–Kier alpha value is -2.41. The van der Waals surface area contributed by atoms with Crippen molar-refractivity contribution in [1.82, 2.24) is 4.90 Å². The van der Waals surface area contributed by atoms with Gasteiger partial charge in [0.25, 0.3) is 5.91 Å². The smallest absolute Gasteiger partial charge is 0.331 e. The number of hydrogen-bond acceptors (Lipinski definition) is 5. The van der Waals surface area contributed by atoms with Gasteiger partial charge in [-0.15, -0.1) is 0 Å². The van der Waals surface area contributed by atoms with Gasteiger partial charge in [0.15, 0.2) is 18.2 Å². The molecule has 2 rings (SSSR count). The topological polar surface area (TPSA) is 65.1 Å². The number of nitrogens with zero attached hydrogens (tertiary/aromatic N) is 1. The minimum absolute atomic E-state index is 0.0479. The van der Waals surface area contributed by atoms with E-state index in [9.17, 15) is 14.0 Å². The van der Waals surface area contributed by atoms with E-state index in [1.54, 1.807) is 11.0 Å². The van der Waals surface area contributed by atoms with Crippen molar-refractivity contribution in [3.63, 3.8) is 0 Å². The zero-order valence-corrected chi connectivity index (χ0v) is 14.5. The van der Waals surface area contributed by atoms with E-state index in [2.05, 4.69) is 0 Å². The van der Waals surface area contributed by atoms with Crippen molar-refractivity contribution in [3.05, 3.63) is 35.7 Å². The maximum atomic E-state index is 13.6. The van der Waals surface area contributed by atoms with Crippen LogP contribution in [-0.4, -0.2) is 55.8 Å². The second kappa shape index (κ2) is 8.62. The second-order valence-electron chi connectivity index (χ2n) is 5.89. The first-order chi connectivity index (χ1) is 11.9. The van der Waals surface area contributed by atoms with E-state index in [-0.39, 0.29) is 30.5 Å². The molecule has 0 N–H and O–H groups in total. The summed E-state index contributed by atoms with van der Waals surface area (Å²) in [5.41, 5.74) is 0.484. The van der Waals surface area contributed by atoms with Gasteiger partial charge < -0.3 is 19.1 Å². The van der Waals surface area contributed by atoms with Crippen LogP contribution in [0.1, 0.15) is 19.4 Å². The van der Waals surface area contributed by atoms with Crippen LogP contribution in [0.25, 0.3) is 6.08 Å². The highest BCUT2D eigenvalue weighted by Crippen LogP contribution is 2.18. The molecule has 0 aliphatic carbocycles. The number of hydrogen-bond donors (Lipinski definition) is 0. The van der Waals surface area contributed by atoms with Crippen LogP contribution in [0.4, 0.5) is 4.39 Å². The molecule has 0 aromatic heterocycles. The van der Waals surface area contributed by atoms with Crippen molar-refractivity contribution < 1.29 is 28.2 Å². The normalized spacial score (nSPS) is 20.6. The molecule has 0 spiro atoms. The van der Waals surface area contributed by atoms with Gasteiger partial charge in [0.1, 0.15) is 0 Å². The Labute approximate surface area is 146 Å². The highest BCUT2D eigenvalue weighted by molar-refractivity contribution is 5.89. The van der Waals surface area contributed by atoms with E-state index < -0.39 is 11.8 Å². The molecule has 6 nitrogen and oxygen atoms in total. The van der Waals surface area contributed by atoms with Crippen molar-refractivity contribution in [2.75, 3.05) is 26.8 Å². The first-order valence-electron chi connectivity index (χ1n) is 8.00. The van der Waals surface area contributed by atoms with Gasteiger partial charge in [-0.05, 0) is 37.6 Å². The Kier molecular flexibility index (Phi) is 6.52. The lowest BCUT2D eigenvalue weighted by molar-refractivity contribution is -0.154. The van der Waals surface area contributed by atoms with Crippen LogP contribution in [0.2, 0.25) is 0 Å². The second-order valence-corrected chi connectivity index (χ2v) is 5.89. The van der Waals surface area contributed by atoms with Gasteiger partial charge in [-0.3, -0.25) is 4.79 Å². The summed E-state index contributed by atoms with van der Waals surface area (Å²) in [7, 11) is 1.37. The standard InChI is InChI=1S/C18H22FNO5/c1-12-9-20(10-13(2)25-12)17(21)11-24-18(22)7-5-14-4-6-16(23-3)15(19)8-14/h4-8,12-13H,9-11H2,1-3H3/b7-5+/t12-,13-/m0/s1. The molecule has 1 fully saturated rings. The van der Waals surface area contributed by atoms with E-state index >= 15 is 0 Å². The summed E-state index contributed by atoms with van der Waals surface area (Å²) in [6.07, 6.45) is 2.47. The Bertz CT molecular complexity index is 651. The molecular weight excluding hydrogens is 329 g/mol. The van der Waals surface area contributed by atoms with Crippen molar-refractivity contribution in [2.45, 2.75) is 26.1 Å². The minimum atomic E-state index is -0.668. The molecule has 0 radical (unpaired) electrons. The van der Waals surface area contributed by atoms with Gasteiger partial charge in [-0.25, -0.2) is 9.18 Å². The van der Waals surface area contributed by atoms with Crippen molar-refractivity contribution >= 4 is 18.0 Å². The Morgan fingerprint density at radius 2 is 2.00 bits per heavy atom. The Balaban J connectivity index is 1.83. The molecule has 1 heterocycles. The third kappa shape index (κ3) is 5.56. The number of amides is 1. The highest BCUT2D eigenvalue weighted by atomic mass is 19.1. The summed E-state index contributed by atoms with van der Waals surface area (Å²) in [4.78, 5) is 25.4. The van der Waals surface area contributed by atoms with E-state index in [1.165, 1.54) is 25.3 Å². The molecule has 7 heteroatoms. The Morgan fingerprint density at radius 1 is 1.32 bits per heavy atom. The number of morpholine rings is 1. The molecule has 1 aliphatic heterocycles. The van der Waals surface area contributed by atoms with Crippen LogP contribution in [-0.2, 0) is 19.1 Å². The van der Waals surface area contributed by atoms with E-state index in [4.69, 9.17) is 14.2 Å². The molecule has 0 saturated carbocycles. The summed E-state index contributed by atoms with van der Waals surface area (Å²) >= 11 is 0. The van der Waals surface area contributed by atoms with Crippen LogP contribution in [0.15, 0.2) is 24.3 Å².